The first-order valence-corrected chi connectivity index (χ1v) is 8.20. The van der Waals surface area contributed by atoms with Gasteiger partial charge in [0, 0.05) is 36.2 Å². The molecule has 0 aromatic carbocycles. The second kappa shape index (κ2) is 5.90. The van der Waals surface area contributed by atoms with E-state index in [0.29, 0.717) is 18.0 Å². The van der Waals surface area contributed by atoms with Gasteiger partial charge in [0.05, 0.1) is 24.9 Å². The summed E-state index contributed by atoms with van der Waals surface area (Å²) in [7, 11) is 3.41. The first-order valence-electron chi connectivity index (χ1n) is 8.20. The molecule has 0 amide bonds. The van der Waals surface area contributed by atoms with E-state index in [9.17, 15) is 0 Å². The highest BCUT2D eigenvalue weighted by molar-refractivity contribution is 6.06. The topological polar surface area (TPSA) is 88.1 Å². The number of rotatable bonds is 3. The highest BCUT2D eigenvalue weighted by Gasteiger charge is 2.26. The third-order valence-electron chi connectivity index (χ3n) is 4.97. The third-order valence-corrected chi connectivity index (χ3v) is 4.97. The van der Waals surface area contributed by atoms with Gasteiger partial charge < -0.3 is 19.8 Å². The van der Waals surface area contributed by atoms with E-state index in [1.54, 1.807) is 20.4 Å². The van der Waals surface area contributed by atoms with Crippen molar-refractivity contribution in [3.8, 4) is 5.88 Å². The first-order chi connectivity index (χ1) is 11.7. The van der Waals surface area contributed by atoms with Crippen molar-refractivity contribution in [2.75, 3.05) is 20.0 Å². The Labute approximate surface area is 139 Å². The minimum absolute atomic E-state index is 0.289. The summed E-state index contributed by atoms with van der Waals surface area (Å²) >= 11 is 0. The molecule has 1 saturated carbocycles. The molecule has 1 aliphatic rings. The molecule has 24 heavy (non-hydrogen) atoms. The van der Waals surface area contributed by atoms with E-state index in [-0.39, 0.29) is 5.95 Å². The smallest absolute Gasteiger partial charge is 0.221 e. The Morgan fingerprint density at radius 2 is 1.88 bits per heavy atom. The van der Waals surface area contributed by atoms with E-state index in [4.69, 9.17) is 15.2 Å². The molecule has 7 nitrogen and oxygen atoms in total. The van der Waals surface area contributed by atoms with E-state index in [1.807, 2.05) is 12.3 Å². The standard InChI is InChI=1S/C17H21N5O2/c1-23-11-5-3-10(4-6-11)22-14-9-19-15(24-2)7-12(14)13-8-20-17(18)21-16(13)22/h7-11H,3-6H2,1-2H3,(H2,18,20,21). The fourth-order valence-corrected chi connectivity index (χ4v) is 3.73. The number of nitrogen functional groups attached to an aromatic ring is 1. The predicted molar refractivity (Wildman–Crippen MR) is 92.1 cm³/mol. The lowest BCUT2D eigenvalue weighted by Crippen LogP contribution is -2.22. The molecule has 1 fully saturated rings. The summed E-state index contributed by atoms with van der Waals surface area (Å²) in [6.07, 6.45) is 8.19. The number of fused-ring (bicyclic) bond motifs is 3. The monoisotopic (exact) mass is 327 g/mol. The van der Waals surface area contributed by atoms with Crippen LogP contribution in [0.1, 0.15) is 31.7 Å². The molecule has 1 aliphatic carbocycles. The fourth-order valence-electron chi connectivity index (χ4n) is 3.73. The van der Waals surface area contributed by atoms with Gasteiger partial charge >= 0.3 is 0 Å². The van der Waals surface area contributed by atoms with Crippen LogP contribution in [0.4, 0.5) is 5.95 Å². The van der Waals surface area contributed by atoms with E-state index < -0.39 is 0 Å². The van der Waals surface area contributed by atoms with Gasteiger partial charge in [-0.1, -0.05) is 0 Å². The van der Waals surface area contributed by atoms with E-state index in [0.717, 1.165) is 47.6 Å². The van der Waals surface area contributed by atoms with Crippen molar-refractivity contribution in [2.24, 2.45) is 0 Å². The Morgan fingerprint density at radius 1 is 1.08 bits per heavy atom. The molecule has 0 bridgehead atoms. The number of pyridine rings is 1. The zero-order valence-electron chi connectivity index (χ0n) is 13.9. The molecule has 3 aromatic rings. The quantitative estimate of drug-likeness (QED) is 0.796. The van der Waals surface area contributed by atoms with Crippen LogP contribution in [0.25, 0.3) is 21.9 Å². The van der Waals surface area contributed by atoms with Crippen LogP contribution in [0, 0.1) is 0 Å². The zero-order valence-corrected chi connectivity index (χ0v) is 13.9. The molecule has 7 heteroatoms. The molecule has 0 atom stereocenters. The molecule has 3 aromatic heterocycles. The van der Waals surface area contributed by atoms with Crippen LogP contribution >= 0.6 is 0 Å². The van der Waals surface area contributed by atoms with Crippen molar-refractivity contribution in [1.29, 1.82) is 0 Å². The van der Waals surface area contributed by atoms with Crippen LogP contribution < -0.4 is 10.5 Å². The Hall–Kier alpha value is -2.41. The van der Waals surface area contributed by atoms with Crippen molar-refractivity contribution in [1.82, 2.24) is 19.5 Å². The normalized spacial score (nSPS) is 21.4. The first kappa shape index (κ1) is 15.1. The predicted octanol–water partition coefficient (Wildman–Crippen LogP) is 2.70. The summed E-state index contributed by atoms with van der Waals surface area (Å²) < 4.78 is 13.0. The highest BCUT2D eigenvalue weighted by atomic mass is 16.5. The van der Waals surface area contributed by atoms with E-state index in [1.165, 1.54) is 0 Å². The molecule has 0 spiro atoms. The van der Waals surface area contributed by atoms with Crippen LogP contribution in [0.15, 0.2) is 18.5 Å². The summed E-state index contributed by atoms with van der Waals surface area (Å²) in [5.41, 5.74) is 7.76. The minimum atomic E-state index is 0.289. The van der Waals surface area contributed by atoms with Crippen molar-refractivity contribution >= 4 is 27.9 Å². The maximum atomic E-state index is 5.85. The number of aromatic nitrogens is 4. The minimum Gasteiger partial charge on any atom is -0.481 e. The van der Waals surface area contributed by atoms with Crippen LogP contribution in [0.3, 0.4) is 0 Å². The second-order valence-electron chi connectivity index (χ2n) is 6.25. The maximum Gasteiger partial charge on any atom is 0.221 e. The van der Waals surface area contributed by atoms with Crippen LogP contribution in [0.2, 0.25) is 0 Å². The molecule has 3 heterocycles. The van der Waals surface area contributed by atoms with Crippen molar-refractivity contribution in [2.45, 2.75) is 37.8 Å². The number of nitrogens with two attached hydrogens (primary N) is 1. The third kappa shape index (κ3) is 2.36. The van der Waals surface area contributed by atoms with Crippen LogP contribution in [-0.4, -0.2) is 39.8 Å². The highest BCUT2D eigenvalue weighted by Crippen LogP contribution is 2.37. The lowest BCUT2D eigenvalue weighted by Gasteiger charge is -2.29. The SMILES string of the molecule is COc1cc2c3cnc(N)nc3n(C3CCC(OC)CC3)c2cn1. The van der Waals surface area contributed by atoms with Gasteiger partial charge in [-0.3, -0.25) is 0 Å². The summed E-state index contributed by atoms with van der Waals surface area (Å²) in [5.74, 6) is 0.874. The van der Waals surface area contributed by atoms with Crippen molar-refractivity contribution < 1.29 is 9.47 Å². The summed E-state index contributed by atoms with van der Waals surface area (Å²) in [5, 5.41) is 2.03. The Bertz CT molecular complexity index is 883. The summed E-state index contributed by atoms with van der Waals surface area (Å²) in [6.45, 7) is 0. The van der Waals surface area contributed by atoms with Gasteiger partial charge in [0.25, 0.3) is 0 Å². The molecule has 2 N–H and O–H groups in total. The Morgan fingerprint density at radius 3 is 2.58 bits per heavy atom. The average molecular weight is 327 g/mol. The molecule has 4 rings (SSSR count). The van der Waals surface area contributed by atoms with Gasteiger partial charge in [0.15, 0.2) is 0 Å². The Balaban J connectivity index is 1.90. The Kier molecular flexibility index (Phi) is 3.72. The largest absolute Gasteiger partial charge is 0.481 e. The number of hydrogen-bond acceptors (Lipinski definition) is 6. The molecule has 0 aliphatic heterocycles. The van der Waals surface area contributed by atoms with Crippen LogP contribution in [0.5, 0.6) is 5.88 Å². The lowest BCUT2D eigenvalue weighted by molar-refractivity contribution is 0.0594. The van der Waals surface area contributed by atoms with Gasteiger partial charge in [-0.2, -0.15) is 4.98 Å². The number of anilines is 1. The van der Waals surface area contributed by atoms with E-state index >= 15 is 0 Å². The van der Waals surface area contributed by atoms with Gasteiger partial charge in [-0.05, 0) is 25.7 Å². The van der Waals surface area contributed by atoms with Crippen LogP contribution in [-0.2, 0) is 4.74 Å². The molecule has 0 saturated heterocycles. The van der Waals surface area contributed by atoms with Gasteiger partial charge in [-0.25, -0.2) is 9.97 Å². The molecule has 0 radical (unpaired) electrons. The molecule has 126 valence electrons. The summed E-state index contributed by atoms with van der Waals surface area (Å²) in [4.78, 5) is 13.1. The lowest BCUT2D eigenvalue weighted by atomic mass is 9.92. The molecule has 0 unspecified atom stereocenters. The molecular weight excluding hydrogens is 306 g/mol. The van der Waals surface area contributed by atoms with Crippen molar-refractivity contribution in [3.05, 3.63) is 18.5 Å². The molecular formula is C17H21N5O2. The maximum absolute atomic E-state index is 5.85. The number of methoxy groups -OCH3 is 2. The zero-order chi connectivity index (χ0) is 16.7. The van der Waals surface area contributed by atoms with Crippen molar-refractivity contribution in [3.63, 3.8) is 0 Å². The second-order valence-corrected chi connectivity index (χ2v) is 6.25. The fraction of sp³-hybridized carbons (Fsp3) is 0.471. The van der Waals surface area contributed by atoms with Gasteiger partial charge in [-0.15, -0.1) is 0 Å². The summed E-state index contributed by atoms with van der Waals surface area (Å²) in [6, 6.07) is 2.30. The number of nitrogens with zero attached hydrogens (tertiary/aromatic N) is 4. The van der Waals surface area contributed by atoms with E-state index in [2.05, 4.69) is 19.5 Å². The number of ether oxygens (including phenoxy) is 2. The number of hydrogen-bond donors (Lipinski definition) is 1. The van der Waals surface area contributed by atoms with Gasteiger partial charge in [0.1, 0.15) is 5.65 Å². The average Bonchev–Trinajstić information content (AvgIpc) is 2.94. The van der Waals surface area contributed by atoms with Gasteiger partial charge in [0.2, 0.25) is 11.8 Å².